The van der Waals surface area contributed by atoms with Gasteiger partial charge in [-0.2, -0.15) is 5.26 Å². The minimum atomic E-state index is 0.555. The van der Waals surface area contributed by atoms with E-state index in [2.05, 4.69) is 30.4 Å². The number of benzene rings is 1. The van der Waals surface area contributed by atoms with Gasteiger partial charge in [0.2, 0.25) is 0 Å². The third kappa shape index (κ3) is 5.94. The summed E-state index contributed by atoms with van der Waals surface area (Å²) in [7, 11) is 0. The van der Waals surface area contributed by atoms with Gasteiger partial charge in [-0.05, 0) is 37.1 Å². The molecule has 0 aliphatic heterocycles. The van der Waals surface area contributed by atoms with Crippen molar-refractivity contribution in [2.24, 2.45) is 0 Å². The van der Waals surface area contributed by atoms with E-state index in [0.29, 0.717) is 13.0 Å². The zero-order valence-electron chi connectivity index (χ0n) is 10.4. The van der Waals surface area contributed by atoms with E-state index < -0.39 is 0 Å². The molecule has 1 rings (SSSR count). The standard InChI is InChI=1S/C14H20N2O/c1-2-10-16-12-13-5-7-14(8-6-13)17-11-4-3-9-15/h5-8,16H,2-4,10-12H2,1H3. The molecule has 0 fully saturated rings. The van der Waals surface area contributed by atoms with Crippen LogP contribution in [0, 0.1) is 11.3 Å². The maximum absolute atomic E-state index is 8.39. The lowest BCUT2D eigenvalue weighted by Crippen LogP contribution is -2.13. The molecule has 0 aliphatic rings. The summed E-state index contributed by atoms with van der Waals surface area (Å²) in [6, 6.07) is 10.2. The molecule has 0 radical (unpaired) electrons. The van der Waals surface area contributed by atoms with Crippen molar-refractivity contribution in [1.82, 2.24) is 5.32 Å². The van der Waals surface area contributed by atoms with Crippen molar-refractivity contribution in [1.29, 1.82) is 5.26 Å². The van der Waals surface area contributed by atoms with Gasteiger partial charge in [0.1, 0.15) is 5.75 Å². The van der Waals surface area contributed by atoms with Crippen molar-refractivity contribution >= 4 is 0 Å². The van der Waals surface area contributed by atoms with Crippen LogP contribution in [0.3, 0.4) is 0 Å². The lowest BCUT2D eigenvalue weighted by molar-refractivity contribution is 0.312. The topological polar surface area (TPSA) is 45.0 Å². The Bertz CT molecular complexity index is 340. The molecule has 3 nitrogen and oxygen atoms in total. The number of nitrogens with one attached hydrogen (secondary N) is 1. The van der Waals surface area contributed by atoms with Gasteiger partial charge < -0.3 is 10.1 Å². The first kappa shape index (κ1) is 13.5. The van der Waals surface area contributed by atoms with Gasteiger partial charge in [-0.25, -0.2) is 0 Å². The summed E-state index contributed by atoms with van der Waals surface area (Å²) in [4.78, 5) is 0. The van der Waals surface area contributed by atoms with Crippen molar-refractivity contribution in [2.45, 2.75) is 32.7 Å². The molecule has 17 heavy (non-hydrogen) atoms. The minimum Gasteiger partial charge on any atom is -0.494 e. The molecule has 0 bridgehead atoms. The summed E-state index contributed by atoms with van der Waals surface area (Å²) in [6.07, 6.45) is 2.50. The highest BCUT2D eigenvalue weighted by atomic mass is 16.5. The number of nitrogens with zero attached hydrogens (tertiary/aromatic N) is 1. The largest absolute Gasteiger partial charge is 0.494 e. The van der Waals surface area contributed by atoms with Crippen molar-refractivity contribution < 1.29 is 4.74 Å². The Morgan fingerprint density at radius 3 is 2.71 bits per heavy atom. The Labute approximate surface area is 103 Å². The van der Waals surface area contributed by atoms with Crippen LogP contribution in [-0.4, -0.2) is 13.2 Å². The Balaban J connectivity index is 2.27. The molecule has 0 unspecified atom stereocenters. The van der Waals surface area contributed by atoms with E-state index in [0.717, 1.165) is 31.7 Å². The molecule has 1 aromatic rings. The molecular formula is C14H20N2O. The van der Waals surface area contributed by atoms with E-state index in [1.807, 2.05) is 12.1 Å². The highest BCUT2D eigenvalue weighted by molar-refractivity contribution is 5.27. The quantitative estimate of drug-likeness (QED) is 0.701. The molecule has 0 heterocycles. The van der Waals surface area contributed by atoms with Gasteiger partial charge in [0.05, 0.1) is 12.7 Å². The first-order chi connectivity index (χ1) is 8.36. The van der Waals surface area contributed by atoms with Crippen molar-refractivity contribution in [3.63, 3.8) is 0 Å². The number of nitriles is 1. The summed E-state index contributed by atoms with van der Waals surface area (Å²) in [5.41, 5.74) is 1.27. The number of ether oxygens (including phenoxy) is 1. The highest BCUT2D eigenvalue weighted by Crippen LogP contribution is 2.12. The van der Waals surface area contributed by atoms with Gasteiger partial charge in [0, 0.05) is 13.0 Å². The van der Waals surface area contributed by atoms with Crippen LogP contribution in [0.25, 0.3) is 0 Å². The Morgan fingerprint density at radius 2 is 2.06 bits per heavy atom. The van der Waals surface area contributed by atoms with Crippen LogP contribution in [0.2, 0.25) is 0 Å². The SMILES string of the molecule is CCCNCc1ccc(OCCCC#N)cc1. The van der Waals surface area contributed by atoms with Crippen molar-refractivity contribution in [2.75, 3.05) is 13.2 Å². The van der Waals surface area contributed by atoms with Crippen LogP contribution in [0.5, 0.6) is 5.75 Å². The predicted octanol–water partition coefficient (Wildman–Crippen LogP) is 2.87. The van der Waals surface area contributed by atoms with Gasteiger partial charge >= 0.3 is 0 Å². The average Bonchev–Trinajstić information content (AvgIpc) is 2.37. The first-order valence-corrected chi connectivity index (χ1v) is 6.16. The molecule has 1 aromatic carbocycles. The van der Waals surface area contributed by atoms with E-state index >= 15 is 0 Å². The normalized spacial score (nSPS) is 9.88. The van der Waals surface area contributed by atoms with Crippen LogP contribution in [0.4, 0.5) is 0 Å². The summed E-state index contributed by atoms with van der Waals surface area (Å²) in [5.74, 6) is 0.877. The summed E-state index contributed by atoms with van der Waals surface area (Å²) in [6.45, 7) is 4.72. The molecule has 1 N–H and O–H groups in total. The zero-order chi connectivity index (χ0) is 12.3. The van der Waals surface area contributed by atoms with Gasteiger partial charge in [-0.15, -0.1) is 0 Å². The van der Waals surface area contributed by atoms with Gasteiger partial charge in [-0.3, -0.25) is 0 Å². The predicted molar refractivity (Wildman–Crippen MR) is 68.8 cm³/mol. The summed E-state index contributed by atoms with van der Waals surface area (Å²) < 4.78 is 5.52. The maximum atomic E-state index is 8.39. The Kier molecular flexibility index (Phi) is 6.85. The van der Waals surface area contributed by atoms with Gasteiger partial charge in [0.15, 0.2) is 0 Å². The lowest BCUT2D eigenvalue weighted by atomic mass is 10.2. The lowest BCUT2D eigenvalue weighted by Gasteiger charge is -2.07. The monoisotopic (exact) mass is 232 g/mol. The second-order valence-corrected chi connectivity index (χ2v) is 3.93. The van der Waals surface area contributed by atoms with Gasteiger partial charge in [-0.1, -0.05) is 19.1 Å². The molecule has 0 saturated heterocycles. The molecule has 92 valence electrons. The number of unbranched alkanes of at least 4 members (excludes halogenated alkanes) is 1. The van der Waals surface area contributed by atoms with Crippen LogP contribution in [-0.2, 0) is 6.54 Å². The van der Waals surface area contributed by atoms with Gasteiger partial charge in [0.25, 0.3) is 0 Å². The van der Waals surface area contributed by atoms with E-state index in [9.17, 15) is 0 Å². The van der Waals surface area contributed by atoms with E-state index in [1.54, 1.807) is 0 Å². The maximum Gasteiger partial charge on any atom is 0.119 e. The molecule has 0 saturated carbocycles. The molecule has 0 aliphatic carbocycles. The van der Waals surface area contributed by atoms with Crippen molar-refractivity contribution in [3.05, 3.63) is 29.8 Å². The van der Waals surface area contributed by atoms with Crippen LogP contribution in [0.1, 0.15) is 31.7 Å². The molecule has 0 atom stereocenters. The van der Waals surface area contributed by atoms with E-state index in [-0.39, 0.29) is 0 Å². The number of rotatable bonds is 8. The number of hydrogen-bond acceptors (Lipinski definition) is 3. The fourth-order valence-electron chi connectivity index (χ4n) is 1.45. The first-order valence-electron chi connectivity index (χ1n) is 6.16. The van der Waals surface area contributed by atoms with Crippen molar-refractivity contribution in [3.8, 4) is 11.8 Å². The minimum absolute atomic E-state index is 0.555. The van der Waals surface area contributed by atoms with Crippen LogP contribution < -0.4 is 10.1 Å². The molecule has 3 heteroatoms. The number of hydrogen-bond donors (Lipinski definition) is 1. The average molecular weight is 232 g/mol. The molecular weight excluding hydrogens is 212 g/mol. The molecule has 0 aromatic heterocycles. The highest BCUT2D eigenvalue weighted by Gasteiger charge is 1.95. The molecule has 0 spiro atoms. The summed E-state index contributed by atoms with van der Waals surface area (Å²) >= 11 is 0. The van der Waals surface area contributed by atoms with E-state index in [1.165, 1.54) is 5.56 Å². The third-order valence-corrected chi connectivity index (χ3v) is 2.38. The second-order valence-electron chi connectivity index (χ2n) is 3.93. The second kappa shape index (κ2) is 8.60. The van der Waals surface area contributed by atoms with Crippen LogP contribution in [0.15, 0.2) is 24.3 Å². The Hall–Kier alpha value is -1.53. The fraction of sp³-hybridized carbons (Fsp3) is 0.500. The summed E-state index contributed by atoms with van der Waals surface area (Å²) in [5, 5.41) is 11.7. The smallest absolute Gasteiger partial charge is 0.119 e. The Morgan fingerprint density at radius 1 is 1.29 bits per heavy atom. The zero-order valence-corrected chi connectivity index (χ0v) is 10.4. The van der Waals surface area contributed by atoms with Crippen LogP contribution >= 0.6 is 0 Å². The fourth-order valence-corrected chi connectivity index (χ4v) is 1.45. The van der Waals surface area contributed by atoms with E-state index in [4.69, 9.17) is 10.00 Å². The molecule has 0 amide bonds. The third-order valence-electron chi connectivity index (χ3n) is 2.38.